The summed E-state index contributed by atoms with van der Waals surface area (Å²) in [6.07, 6.45) is 0. The molecular weight excluding hydrogens is 423 g/mol. The van der Waals surface area contributed by atoms with Gasteiger partial charge in [0.2, 0.25) is 0 Å². The average Bonchev–Trinajstić information content (AvgIpc) is 3.33. The fourth-order valence-electron chi connectivity index (χ4n) is 3.48. The van der Waals surface area contributed by atoms with Crippen molar-refractivity contribution in [2.24, 2.45) is 0 Å². The fourth-order valence-corrected chi connectivity index (χ4v) is 3.48. The molecule has 4 aromatic rings. The fraction of sp³-hybridized carbons (Fsp3) is 0.154. The lowest BCUT2D eigenvalue weighted by Gasteiger charge is -2.22. The Morgan fingerprint density at radius 1 is 0.909 bits per heavy atom. The number of rotatable bonds is 8. The lowest BCUT2D eigenvalue weighted by Crippen LogP contribution is -2.30. The molecular formula is C26H23FN2O4. The number of methoxy groups -OCH3 is 2. The molecule has 7 heteroatoms. The van der Waals surface area contributed by atoms with Gasteiger partial charge in [-0.3, -0.25) is 4.79 Å². The average molecular weight is 446 g/mol. The van der Waals surface area contributed by atoms with E-state index in [0.717, 1.165) is 11.1 Å². The monoisotopic (exact) mass is 446 g/mol. The van der Waals surface area contributed by atoms with E-state index in [4.69, 9.17) is 14.0 Å². The molecule has 0 N–H and O–H groups in total. The second-order valence-corrected chi connectivity index (χ2v) is 7.41. The van der Waals surface area contributed by atoms with E-state index in [1.165, 1.54) is 12.1 Å². The number of benzene rings is 3. The number of hydrogen-bond donors (Lipinski definition) is 0. The van der Waals surface area contributed by atoms with Gasteiger partial charge >= 0.3 is 0 Å². The molecule has 1 aromatic heterocycles. The first-order chi connectivity index (χ1) is 16.1. The van der Waals surface area contributed by atoms with E-state index in [-0.39, 0.29) is 18.3 Å². The third-order valence-corrected chi connectivity index (χ3v) is 5.17. The van der Waals surface area contributed by atoms with E-state index in [0.29, 0.717) is 35.1 Å². The Morgan fingerprint density at radius 2 is 1.64 bits per heavy atom. The molecule has 0 unspecified atom stereocenters. The highest BCUT2D eigenvalue weighted by molar-refractivity contribution is 5.94. The molecule has 0 saturated heterocycles. The SMILES string of the molecule is COc1ccc(-c2cc(CN(Cc3ccc(F)cc3)C(=O)c3ccccc3)no2)cc1OC. The van der Waals surface area contributed by atoms with Crippen LogP contribution in [0.3, 0.4) is 0 Å². The van der Waals surface area contributed by atoms with Crippen LogP contribution in [0.15, 0.2) is 83.4 Å². The number of carbonyl (C=O) groups is 1. The van der Waals surface area contributed by atoms with Gasteiger partial charge < -0.3 is 18.9 Å². The van der Waals surface area contributed by atoms with Crippen molar-refractivity contribution in [1.82, 2.24) is 10.1 Å². The van der Waals surface area contributed by atoms with Crippen molar-refractivity contribution in [3.05, 3.63) is 102 Å². The van der Waals surface area contributed by atoms with Crippen molar-refractivity contribution in [1.29, 1.82) is 0 Å². The molecule has 6 nitrogen and oxygen atoms in total. The highest BCUT2D eigenvalue weighted by Gasteiger charge is 2.19. The van der Waals surface area contributed by atoms with Gasteiger partial charge in [0.05, 0.1) is 20.8 Å². The summed E-state index contributed by atoms with van der Waals surface area (Å²) in [6, 6.07) is 22.3. The van der Waals surface area contributed by atoms with Gasteiger partial charge in [-0.1, -0.05) is 35.5 Å². The minimum Gasteiger partial charge on any atom is -0.493 e. The van der Waals surface area contributed by atoms with Crippen LogP contribution in [0, 0.1) is 5.82 Å². The molecule has 0 saturated carbocycles. The number of carbonyl (C=O) groups excluding carboxylic acids is 1. The van der Waals surface area contributed by atoms with Crippen molar-refractivity contribution in [3.8, 4) is 22.8 Å². The van der Waals surface area contributed by atoms with Gasteiger partial charge in [0, 0.05) is 23.7 Å². The Balaban J connectivity index is 1.59. The summed E-state index contributed by atoms with van der Waals surface area (Å²) in [5, 5.41) is 4.16. The normalized spacial score (nSPS) is 10.6. The first kappa shape index (κ1) is 22.1. The third kappa shape index (κ3) is 5.20. The van der Waals surface area contributed by atoms with Gasteiger partial charge in [-0.05, 0) is 48.0 Å². The number of halogens is 1. The maximum atomic E-state index is 13.3. The van der Waals surface area contributed by atoms with Crippen LogP contribution in [-0.2, 0) is 13.1 Å². The van der Waals surface area contributed by atoms with Crippen LogP contribution in [0.4, 0.5) is 4.39 Å². The first-order valence-electron chi connectivity index (χ1n) is 10.3. The number of aromatic nitrogens is 1. The van der Waals surface area contributed by atoms with Gasteiger partial charge in [0.25, 0.3) is 5.91 Å². The largest absolute Gasteiger partial charge is 0.493 e. The molecule has 0 spiro atoms. The van der Waals surface area contributed by atoms with E-state index in [2.05, 4.69) is 5.16 Å². The van der Waals surface area contributed by atoms with Gasteiger partial charge in [0.15, 0.2) is 17.3 Å². The molecule has 0 bridgehead atoms. The molecule has 33 heavy (non-hydrogen) atoms. The number of nitrogens with zero attached hydrogens (tertiary/aromatic N) is 2. The van der Waals surface area contributed by atoms with Crippen LogP contribution in [0.1, 0.15) is 21.6 Å². The summed E-state index contributed by atoms with van der Waals surface area (Å²) in [5.41, 5.74) is 2.73. The lowest BCUT2D eigenvalue weighted by molar-refractivity contribution is 0.0726. The van der Waals surface area contributed by atoms with E-state index >= 15 is 0 Å². The quantitative estimate of drug-likeness (QED) is 0.366. The van der Waals surface area contributed by atoms with E-state index in [9.17, 15) is 9.18 Å². The predicted molar refractivity (Wildman–Crippen MR) is 121 cm³/mol. The summed E-state index contributed by atoms with van der Waals surface area (Å²) < 4.78 is 29.5. The van der Waals surface area contributed by atoms with Crippen LogP contribution in [0.2, 0.25) is 0 Å². The Labute approximate surface area is 191 Å². The third-order valence-electron chi connectivity index (χ3n) is 5.17. The zero-order chi connectivity index (χ0) is 23.2. The smallest absolute Gasteiger partial charge is 0.254 e. The van der Waals surface area contributed by atoms with Crippen LogP contribution < -0.4 is 9.47 Å². The van der Waals surface area contributed by atoms with Crippen molar-refractivity contribution in [2.45, 2.75) is 13.1 Å². The molecule has 168 valence electrons. The number of ether oxygens (including phenoxy) is 2. The van der Waals surface area contributed by atoms with Crippen molar-refractivity contribution in [3.63, 3.8) is 0 Å². The highest BCUT2D eigenvalue weighted by Crippen LogP contribution is 2.32. The highest BCUT2D eigenvalue weighted by atomic mass is 19.1. The lowest BCUT2D eigenvalue weighted by atomic mass is 10.1. The molecule has 0 aliphatic carbocycles. The van der Waals surface area contributed by atoms with Crippen LogP contribution in [-0.4, -0.2) is 30.2 Å². The molecule has 1 heterocycles. The Hall–Kier alpha value is -4.13. The minimum atomic E-state index is -0.323. The maximum Gasteiger partial charge on any atom is 0.254 e. The summed E-state index contributed by atoms with van der Waals surface area (Å²) in [7, 11) is 3.14. The molecule has 0 atom stereocenters. The van der Waals surface area contributed by atoms with E-state index in [1.807, 2.05) is 24.3 Å². The zero-order valence-corrected chi connectivity index (χ0v) is 18.3. The Morgan fingerprint density at radius 3 is 2.33 bits per heavy atom. The molecule has 0 radical (unpaired) electrons. The van der Waals surface area contributed by atoms with Crippen LogP contribution in [0.5, 0.6) is 11.5 Å². The van der Waals surface area contributed by atoms with Crippen molar-refractivity contribution < 1.29 is 23.2 Å². The standard InChI is InChI=1S/C26H23FN2O4/c1-31-23-13-10-20(14-25(23)32-2)24-15-22(28-33-24)17-29(16-18-8-11-21(27)12-9-18)26(30)19-6-4-3-5-7-19/h3-15H,16-17H2,1-2H3. The topological polar surface area (TPSA) is 64.8 Å². The van der Waals surface area contributed by atoms with Gasteiger partial charge in [-0.2, -0.15) is 0 Å². The summed E-state index contributed by atoms with van der Waals surface area (Å²) in [5.74, 6) is 1.25. The second-order valence-electron chi connectivity index (χ2n) is 7.41. The Bertz CT molecular complexity index is 1220. The van der Waals surface area contributed by atoms with Gasteiger partial charge in [-0.25, -0.2) is 4.39 Å². The molecule has 4 rings (SSSR count). The van der Waals surface area contributed by atoms with Crippen LogP contribution in [0.25, 0.3) is 11.3 Å². The predicted octanol–water partition coefficient (Wildman–Crippen LogP) is 5.34. The van der Waals surface area contributed by atoms with Gasteiger partial charge in [-0.15, -0.1) is 0 Å². The molecule has 0 aliphatic heterocycles. The second kappa shape index (κ2) is 9.99. The summed E-state index contributed by atoms with van der Waals surface area (Å²) in [6.45, 7) is 0.522. The first-order valence-corrected chi connectivity index (χ1v) is 10.3. The molecule has 3 aromatic carbocycles. The Kier molecular flexibility index (Phi) is 6.69. The number of hydrogen-bond acceptors (Lipinski definition) is 5. The number of amides is 1. The molecule has 0 fully saturated rings. The van der Waals surface area contributed by atoms with E-state index < -0.39 is 0 Å². The summed E-state index contributed by atoms with van der Waals surface area (Å²) in [4.78, 5) is 14.9. The minimum absolute atomic E-state index is 0.157. The molecule has 1 amide bonds. The zero-order valence-electron chi connectivity index (χ0n) is 18.3. The van der Waals surface area contributed by atoms with Crippen LogP contribution >= 0.6 is 0 Å². The van der Waals surface area contributed by atoms with Crippen molar-refractivity contribution >= 4 is 5.91 Å². The maximum absolute atomic E-state index is 13.3. The van der Waals surface area contributed by atoms with Crippen molar-refractivity contribution in [2.75, 3.05) is 14.2 Å². The summed E-state index contributed by atoms with van der Waals surface area (Å²) >= 11 is 0. The van der Waals surface area contributed by atoms with E-state index in [1.54, 1.807) is 61.6 Å². The molecule has 0 aliphatic rings. The van der Waals surface area contributed by atoms with Gasteiger partial charge in [0.1, 0.15) is 11.5 Å².